The van der Waals surface area contributed by atoms with Gasteiger partial charge in [-0.3, -0.25) is 4.79 Å². The lowest BCUT2D eigenvalue weighted by Gasteiger charge is -2.22. The SMILES string of the molecule is CCCCc1oc2ccc(C(=O)OC(C)C)cc2c1C(=O)c1ccc(CCN(CCCC)CCCC)cc1. The van der Waals surface area contributed by atoms with E-state index in [1.807, 2.05) is 26.0 Å². The number of ketones is 1. The molecule has 2 aromatic carbocycles. The number of fused-ring (bicyclic) bond motifs is 1. The zero-order valence-corrected chi connectivity index (χ0v) is 24.0. The third-order valence-corrected chi connectivity index (χ3v) is 6.91. The average molecular weight is 520 g/mol. The lowest BCUT2D eigenvalue weighted by atomic mass is 9.96. The summed E-state index contributed by atoms with van der Waals surface area (Å²) < 4.78 is 11.5. The molecule has 206 valence electrons. The molecule has 1 heterocycles. The van der Waals surface area contributed by atoms with Gasteiger partial charge in [0.05, 0.1) is 17.2 Å². The number of rotatable bonds is 16. The summed E-state index contributed by atoms with van der Waals surface area (Å²) in [6, 6.07) is 13.2. The number of ether oxygens (including phenoxy) is 1. The van der Waals surface area contributed by atoms with Gasteiger partial charge in [-0.15, -0.1) is 0 Å². The molecule has 38 heavy (non-hydrogen) atoms. The summed E-state index contributed by atoms with van der Waals surface area (Å²) in [5.74, 6) is 0.226. The Bertz CT molecular complexity index is 1170. The molecule has 0 N–H and O–H groups in total. The highest BCUT2D eigenvalue weighted by Gasteiger charge is 2.23. The van der Waals surface area contributed by atoms with Gasteiger partial charge in [0.25, 0.3) is 0 Å². The lowest BCUT2D eigenvalue weighted by molar-refractivity contribution is 0.0378. The molecule has 0 saturated heterocycles. The van der Waals surface area contributed by atoms with Gasteiger partial charge in [-0.2, -0.15) is 0 Å². The minimum atomic E-state index is -0.395. The van der Waals surface area contributed by atoms with Gasteiger partial charge >= 0.3 is 5.97 Å². The molecule has 0 saturated carbocycles. The van der Waals surface area contributed by atoms with E-state index in [4.69, 9.17) is 9.15 Å². The van der Waals surface area contributed by atoms with Crippen LogP contribution in [0.1, 0.15) is 111 Å². The summed E-state index contributed by atoms with van der Waals surface area (Å²) in [6.45, 7) is 13.6. The van der Waals surface area contributed by atoms with E-state index in [0.717, 1.165) is 38.9 Å². The molecule has 0 fully saturated rings. The first-order chi connectivity index (χ1) is 18.4. The topological polar surface area (TPSA) is 59.8 Å². The van der Waals surface area contributed by atoms with E-state index in [1.54, 1.807) is 18.2 Å². The van der Waals surface area contributed by atoms with E-state index < -0.39 is 5.97 Å². The zero-order valence-electron chi connectivity index (χ0n) is 24.0. The standard InChI is InChI=1S/C33H45NO4/c1-6-9-12-30-31(28-23-27(17-18-29(28)38-30)33(36)37-24(4)5)32(35)26-15-13-25(14-16-26)19-22-34(20-10-7-2)21-11-8-3/h13-18,23-24H,6-12,19-22H2,1-5H3. The monoisotopic (exact) mass is 519 g/mol. The predicted octanol–water partition coefficient (Wildman–Crippen LogP) is 8.02. The molecule has 0 aliphatic rings. The van der Waals surface area contributed by atoms with Crippen LogP contribution in [0.25, 0.3) is 11.0 Å². The fourth-order valence-corrected chi connectivity index (χ4v) is 4.67. The van der Waals surface area contributed by atoms with Crippen molar-refractivity contribution in [2.24, 2.45) is 0 Å². The van der Waals surface area contributed by atoms with Crippen LogP contribution in [-0.4, -0.2) is 42.4 Å². The van der Waals surface area contributed by atoms with Crippen molar-refractivity contribution >= 4 is 22.7 Å². The molecule has 5 heteroatoms. The maximum Gasteiger partial charge on any atom is 0.338 e. The molecule has 0 aliphatic heterocycles. The van der Waals surface area contributed by atoms with Crippen LogP contribution in [0.15, 0.2) is 46.9 Å². The quantitative estimate of drug-likeness (QED) is 0.142. The van der Waals surface area contributed by atoms with E-state index >= 15 is 0 Å². The average Bonchev–Trinajstić information content (AvgIpc) is 3.28. The van der Waals surface area contributed by atoms with Crippen LogP contribution in [0.2, 0.25) is 0 Å². The van der Waals surface area contributed by atoms with E-state index in [-0.39, 0.29) is 11.9 Å². The summed E-state index contributed by atoms with van der Waals surface area (Å²) in [6.07, 6.45) is 8.24. The Morgan fingerprint density at radius 2 is 1.45 bits per heavy atom. The number of furan rings is 1. The second-order valence-electron chi connectivity index (χ2n) is 10.5. The Morgan fingerprint density at radius 3 is 2.05 bits per heavy atom. The van der Waals surface area contributed by atoms with E-state index in [0.29, 0.717) is 39.8 Å². The van der Waals surface area contributed by atoms with E-state index in [2.05, 4.69) is 37.8 Å². The van der Waals surface area contributed by atoms with Crippen LogP contribution >= 0.6 is 0 Å². The molecule has 3 rings (SSSR count). The highest BCUT2D eigenvalue weighted by molar-refractivity contribution is 6.17. The molecular formula is C33H45NO4. The Balaban J connectivity index is 1.84. The molecule has 1 aromatic heterocycles. The number of carbonyl (C=O) groups excluding carboxylic acids is 2. The lowest BCUT2D eigenvalue weighted by Crippen LogP contribution is -2.28. The van der Waals surface area contributed by atoms with Gasteiger partial charge < -0.3 is 14.1 Å². The molecule has 0 aliphatic carbocycles. The van der Waals surface area contributed by atoms with Crippen molar-refractivity contribution in [1.82, 2.24) is 4.90 Å². The van der Waals surface area contributed by atoms with Gasteiger partial charge in [-0.1, -0.05) is 64.3 Å². The van der Waals surface area contributed by atoms with Crippen molar-refractivity contribution < 1.29 is 18.7 Å². The van der Waals surface area contributed by atoms with Crippen molar-refractivity contribution in [2.45, 2.75) is 92.1 Å². The maximum atomic E-state index is 13.8. The summed E-state index contributed by atoms with van der Waals surface area (Å²) in [5.41, 5.74) is 3.48. The summed E-state index contributed by atoms with van der Waals surface area (Å²) in [7, 11) is 0. The zero-order chi connectivity index (χ0) is 27.5. The van der Waals surface area contributed by atoms with E-state index in [9.17, 15) is 9.59 Å². The molecular weight excluding hydrogens is 474 g/mol. The van der Waals surface area contributed by atoms with Crippen molar-refractivity contribution in [2.75, 3.05) is 19.6 Å². The molecule has 5 nitrogen and oxygen atoms in total. The molecule has 0 amide bonds. The first-order valence-electron chi connectivity index (χ1n) is 14.5. The highest BCUT2D eigenvalue weighted by Crippen LogP contribution is 2.31. The Hall–Kier alpha value is -2.92. The van der Waals surface area contributed by atoms with Crippen LogP contribution in [0, 0.1) is 0 Å². The second-order valence-corrected chi connectivity index (χ2v) is 10.5. The molecule has 0 bridgehead atoms. The predicted molar refractivity (Wildman–Crippen MR) is 155 cm³/mol. The fourth-order valence-electron chi connectivity index (χ4n) is 4.67. The Morgan fingerprint density at radius 1 is 0.816 bits per heavy atom. The third-order valence-electron chi connectivity index (χ3n) is 6.91. The number of benzene rings is 2. The van der Waals surface area contributed by atoms with Crippen LogP contribution in [0.3, 0.4) is 0 Å². The van der Waals surface area contributed by atoms with Gasteiger partial charge in [-0.25, -0.2) is 4.79 Å². The summed E-state index contributed by atoms with van der Waals surface area (Å²) >= 11 is 0. The number of hydrogen-bond acceptors (Lipinski definition) is 5. The van der Waals surface area contributed by atoms with Crippen molar-refractivity contribution in [3.05, 3.63) is 70.5 Å². The van der Waals surface area contributed by atoms with Gasteiger partial charge in [0, 0.05) is 23.9 Å². The van der Waals surface area contributed by atoms with Crippen molar-refractivity contribution in [1.29, 1.82) is 0 Å². The first-order valence-corrected chi connectivity index (χ1v) is 14.5. The normalized spacial score (nSPS) is 11.6. The largest absolute Gasteiger partial charge is 0.460 e. The number of nitrogens with zero attached hydrogens (tertiary/aromatic N) is 1. The van der Waals surface area contributed by atoms with Crippen molar-refractivity contribution in [3.63, 3.8) is 0 Å². The van der Waals surface area contributed by atoms with Crippen LogP contribution in [0.5, 0.6) is 0 Å². The fraction of sp³-hybridized carbons (Fsp3) is 0.515. The number of unbranched alkanes of at least 4 members (excludes halogenated alkanes) is 3. The highest BCUT2D eigenvalue weighted by atomic mass is 16.5. The number of aryl methyl sites for hydroxylation is 1. The molecule has 0 unspecified atom stereocenters. The van der Waals surface area contributed by atoms with Gasteiger partial charge in [0.15, 0.2) is 5.78 Å². The molecule has 3 aromatic rings. The maximum absolute atomic E-state index is 13.8. The third kappa shape index (κ3) is 8.04. The van der Waals surface area contributed by atoms with Gasteiger partial charge in [-0.05, 0) is 76.4 Å². The van der Waals surface area contributed by atoms with Gasteiger partial charge in [0.2, 0.25) is 0 Å². The molecule has 0 radical (unpaired) electrons. The minimum Gasteiger partial charge on any atom is -0.460 e. The second kappa shape index (κ2) is 14.9. The molecule has 0 spiro atoms. The van der Waals surface area contributed by atoms with Gasteiger partial charge in [0.1, 0.15) is 11.3 Å². The van der Waals surface area contributed by atoms with Crippen molar-refractivity contribution in [3.8, 4) is 0 Å². The minimum absolute atomic E-state index is 0.0664. The number of esters is 1. The summed E-state index contributed by atoms with van der Waals surface area (Å²) in [5, 5.41) is 0.672. The van der Waals surface area contributed by atoms with Crippen LogP contribution in [-0.2, 0) is 17.6 Å². The Labute approximate surface area is 228 Å². The smallest absolute Gasteiger partial charge is 0.338 e. The van der Waals surface area contributed by atoms with E-state index in [1.165, 1.54) is 31.2 Å². The van der Waals surface area contributed by atoms with Crippen LogP contribution < -0.4 is 0 Å². The number of carbonyl (C=O) groups is 2. The summed E-state index contributed by atoms with van der Waals surface area (Å²) in [4.78, 5) is 28.9. The first kappa shape index (κ1) is 29.6. The molecule has 0 atom stereocenters. The Kier molecular flexibility index (Phi) is 11.6. The number of hydrogen-bond donors (Lipinski definition) is 0. The van der Waals surface area contributed by atoms with Crippen LogP contribution in [0.4, 0.5) is 0 Å².